The molecule has 7 heteroatoms. The van der Waals surface area contributed by atoms with Crippen LogP contribution in [0.4, 0.5) is 10.2 Å². The maximum absolute atomic E-state index is 13.8. The average molecular weight is 421 g/mol. The van der Waals surface area contributed by atoms with Gasteiger partial charge in [-0.15, -0.1) is 11.3 Å². The Bertz CT molecular complexity index is 1160. The van der Waals surface area contributed by atoms with Crippen LogP contribution in [0.3, 0.4) is 0 Å². The molecule has 0 aliphatic carbocycles. The van der Waals surface area contributed by atoms with Gasteiger partial charge in [-0.05, 0) is 47.8 Å². The van der Waals surface area contributed by atoms with Crippen molar-refractivity contribution < 1.29 is 9.18 Å². The van der Waals surface area contributed by atoms with Crippen LogP contribution in [-0.2, 0) is 11.3 Å². The lowest BCUT2D eigenvalue weighted by Gasteiger charge is -2.35. The van der Waals surface area contributed by atoms with Crippen LogP contribution in [0.2, 0.25) is 0 Å². The molecule has 0 spiro atoms. The number of carbonyl (C=O) groups is 1. The first-order valence-electron chi connectivity index (χ1n) is 9.95. The molecule has 5 rings (SSSR count). The number of rotatable bonds is 4. The SMILES string of the molecule is O=C(Cn1c(-c2cccs2)cc2cc(F)ccc21)N1CCN(c2ccccn2)CC1. The van der Waals surface area contributed by atoms with Gasteiger partial charge < -0.3 is 14.4 Å². The second-order valence-corrected chi connectivity index (χ2v) is 8.30. The number of fused-ring (bicyclic) bond motifs is 1. The number of amides is 1. The number of anilines is 1. The van der Waals surface area contributed by atoms with E-state index in [-0.39, 0.29) is 18.3 Å². The highest BCUT2D eigenvalue weighted by Crippen LogP contribution is 2.32. The minimum absolute atomic E-state index is 0.0790. The third-order valence-electron chi connectivity index (χ3n) is 5.54. The summed E-state index contributed by atoms with van der Waals surface area (Å²) >= 11 is 1.62. The van der Waals surface area contributed by atoms with Gasteiger partial charge in [-0.25, -0.2) is 9.37 Å². The fourth-order valence-corrected chi connectivity index (χ4v) is 4.75. The summed E-state index contributed by atoms with van der Waals surface area (Å²) in [6, 6.07) is 16.6. The van der Waals surface area contributed by atoms with Crippen LogP contribution >= 0.6 is 11.3 Å². The van der Waals surface area contributed by atoms with Gasteiger partial charge in [0.25, 0.3) is 0 Å². The van der Waals surface area contributed by atoms with Crippen molar-refractivity contribution in [3.63, 3.8) is 0 Å². The van der Waals surface area contributed by atoms with Gasteiger partial charge in [0.2, 0.25) is 5.91 Å². The van der Waals surface area contributed by atoms with Gasteiger partial charge in [-0.1, -0.05) is 12.1 Å². The van der Waals surface area contributed by atoms with Crippen molar-refractivity contribution in [2.45, 2.75) is 6.54 Å². The lowest BCUT2D eigenvalue weighted by atomic mass is 10.2. The number of hydrogen-bond acceptors (Lipinski definition) is 4. The van der Waals surface area contributed by atoms with E-state index in [0.29, 0.717) is 13.1 Å². The molecule has 1 aromatic carbocycles. The van der Waals surface area contributed by atoms with Gasteiger partial charge in [0.05, 0.1) is 10.6 Å². The molecule has 4 heterocycles. The van der Waals surface area contributed by atoms with E-state index in [1.807, 2.05) is 51.2 Å². The predicted molar refractivity (Wildman–Crippen MR) is 118 cm³/mol. The maximum Gasteiger partial charge on any atom is 0.242 e. The summed E-state index contributed by atoms with van der Waals surface area (Å²) in [6.07, 6.45) is 1.79. The van der Waals surface area contributed by atoms with Crippen LogP contribution in [-0.4, -0.2) is 46.5 Å². The van der Waals surface area contributed by atoms with Gasteiger partial charge in [0.1, 0.15) is 18.2 Å². The highest BCUT2D eigenvalue weighted by molar-refractivity contribution is 7.13. The van der Waals surface area contributed by atoms with Crippen molar-refractivity contribution in [1.29, 1.82) is 0 Å². The van der Waals surface area contributed by atoms with Gasteiger partial charge in [-0.2, -0.15) is 0 Å². The molecule has 1 aliphatic rings. The first kappa shape index (κ1) is 18.8. The predicted octanol–water partition coefficient (Wildman–Crippen LogP) is 4.25. The van der Waals surface area contributed by atoms with Crippen molar-refractivity contribution in [3.05, 3.63) is 72.0 Å². The minimum atomic E-state index is -0.269. The van der Waals surface area contributed by atoms with Crippen LogP contribution in [0.1, 0.15) is 0 Å². The van der Waals surface area contributed by atoms with Gasteiger partial charge >= 0.3 is 0 Å². The molecule has 0 bridgehead atoms. The number of piperazine rings is 1. The molecule has 3 aromatic heterocycles. The number of halogens is 1. The Morgan fingerprint density at radius 1 is 1.03 bits per heavy atom. The van der Waals surface area contributed by atoms with Crippen LogP contribution in [0, 0.1) is 5.82 Å². The maximum atomic E-state index is 13.8. The summed E-state index contributed by atoms with van der Waals surface area (Å²) in [5, 5.41) is 2.82. The molecule has 0 saturated carbocycles. The summed E-state index contributed by atoms with van der Waals surface area (Å²) < 4.78 is 15.8. The average Bonchev–Trinajstić information content (AvgIpc) is 3.42. The van der Waals surface area contributed by atoms with E-state index in [0.717, 1.165) is 40.4 Å². The minimum Gasteiger partial charge on any atom is -0.353 e. The third kappa shape index (κ3) is 3.57. The quantitative estimate of drug-likeness (QED) is 0.496. The van der Waals surface area contributed by atoms with Crippen LogP contribution in [0.15, 0.2) is 66.2 Å². The molecular weight excluding hydrogens is 399 g/mol. The second kappa shape index (κ2) is 7.91. The Balaban J connectivity index is 1.37. The first-order valence-corrected chi connectivity index (χ1v) is 10.8. The molecule has 1 fully saturated rings. The number of pyridine rings is 1. The van der Waals surface area contributed by atoms with E-state index >= 15 is 0 Å². The standard InChI is InChI=1S/C23H21FN4OS/c24-18-6-7-19-17(14-18)15-20(21-4-3-13-30-21)28(19)16-23(29)27-11-9-26(10-12-27)22-5-1-2-8-25-22/h1-8,13-15H,9-12,16H2. The Kier molecular flexibility index (Phi) is 4.96. The summed E-state index contributed by atoms with van der Waals surface area (Å²) in [5.41, 5.74) is 1.83. The summed E-state index contributed by atoms with van der Waals surface area (Å²) in [6.45, 7) is 3.09. The Labute approximate surface area is 178 Å². The van der Waals surface area contributed by atoms with E-state index in [4.69, 9.17) is 0 Å². The van der Waals surface area contributed by atoms with Crippen LogP contribution in [0.5, 0.6) is 0 Å². The monoisotopic (exact) mass is 420 g/mol. The Hall–Kier alpha value is -3.19. The molecule has 0 unspecified atom stereocenters. The zero-order chi connectivity index (χ0) is 20.5. The molecule has 152 valence electrons. The topological polar surface area (TPSA) is 41.4 Å². The number of nitrogens with zero attached hydrogens (tertiary/aromatic N) is 4. The van der Waals surface area contributed by atoms with E-state index in [1.165, 1.54) is 12.1 Å². The van der Waals surface area contributed by atoms with Crippen molar-refractivity contribution in [2.75, 3.05) is 31.1 Å². The molecule has 30 heavy (non-hydrogen) atoms. The fourth-order valence-electron chi connectivity index (χ4n) is 4.00. The van der Waals surface area contributed by atoms with Crippen molar-refractivity contribution in [2.24, 2.45) is 0 Å². The largest absolute Gasteiger partial charge is 0.353 e. The summed E-state index contributed by atoms with van der Waals surface area (Å²) in [5.74, 6) is 0.757. The van der Waals surface area contributed by atoms with Crippen molar-refractivity contribution in [3.8, 4) is 10.6 Å². The number of carbonyl (C=O) groups excluding carboxylic acids is 1. The normalized spacial score (nSPS) is 14.4. The summed E-state index contributed by atoms with van der Waals surface area (Å²) in [7, 11) is 0. The van der Waals surface area contributed by atoms with E-state index in [2.05, 4.69) is 9.88 Å². The molecule has 5 nitrogen and oxygen atoms in total. The number of aromatic nitrogens is 2. The zero-order valence-corrected chi connectivity index (χ0v) is 17.2. The van der Waals surface area contributed by atoms with E-state index in [9.17, 15) is 9.18 Å². The molecule has 0 N–H and O–H groups in total. The number of benzene rings is 1. The summed E-state index contributed by atoms with van der Waals surface area (Å²) in [4.78, 5) is 22.7. The molecule has 1 amide bonds. The number of thiophene rings is 1. The lowest BCUT2D eigenvalue weighted by Crippen LogP contribution is -2.49. The van der Waals surface area contributed by atoms with Gasteiger partial charge in [-0.3, -0.25) is 4.79 Å². The highest BCUT2D eigenvalue weighted by atomic mass is 32.1. The molecule has 0 radical (unpaired) electrons. The Morgan fingerprint density at radius 2 is 1.90 bits per heavy atom. The Morgan fingerprint density at radius 3 is 2.63 bits per heavy atom. The van der Waals surface area contributed by atoms with E-state index < -0.39 is 0 Å². The van der Waals surface area contributed by atoms with Gasteiger partial charge in [0, 0.05) is 43.3 Å². The van der Waals surface area contributed by atoms with Crippen molar-refractivity contribution >= 4 is 34.0 Å². The van der Waals surface area contributed by atoms with Crippen molar-refractivity contribution in [1.82, 2.24) is 14.5 Å². The first-order chi connectivity index (χ1) is 14.7. The smallest absolute Gasteiger partial charge is 0.242 e. The lowest BCUT2D eigenvalue weighted by molar-refractivity contribution is -0.132. The number of hydrogen-bond donors (Lipinski definition) is 0. The third-order valence-corrected chi connectivity index (χ3v) is 6.43. The highest BCUT2D eigenvalue weighted by Gasteiger charge is 2.23. The zero-order valence-electron chi connectivity index (χ0n) is 16.4. The fraction of sp³-hybridized carbons (Fsp3) is 0.217. The molecule has 4 aromatic rings. The van der Waals surface area contributed by atoms with Crippen LogP contribution in [0.25, 0.3) is 21.5 Å². The van der Waals surface area contributed by atoms with Crippen LogP contribution < -0.4 is 4.90 Å². The molecule has 0 atom stereocenters. The second-order valence-electron chi connectivity index (χ2n) is 7.35. The molecule has 1 saturated heterocycles. The molecule has 1 aliphatic heterocycles. The molecular formula is C23H21FN4OS. The van der Waals surface area contributed by atoms with E-state index in [1.54, 1.807) is 23.6 Å². The van der Waals surface area contributed by atoms with Gasteiger partial charge in [0.15, 0.2) is 0 Å².